The van der Waals surface area contributed by atoms with Crippen molar-refractivity contribution < 1.29 is 9.66 Å². The molecule has 0 aliphatic rings. The normalized spacial score (nSPS) is 8.06. The molecule has 0 amide bonds. The number of rotatable bonds is 3. The summed E-state index contributed by atoms with van der Waals surface area (Å²) in [5.74, 6) is 0.340. The van der Waals surface area contributed by atoms with E-state index < -0.39 is 4.92 Å². The summed E-state index contributed by atoms with van der Waals surface area (Å²) in [5, 5.41) is 10.7. The monoisotopic (exact) mass is 606 g/mol. The first-order valence-corrected chi connectivity index (χ1v) is 6.13. The summed E-state index contributed by atoms with van der Waals surface area (Å²) >= 11 is 7.41. The van der Waals surface area contributed by atoms with Gasteiger partial charge in [0.1, 0.15) is 0 Å². The van der Waals surface area contributed by atoms with Gasteiger partial charge in [0.05, 0.1) is 12.0 Å². The average molecular weight is 607 g/mol. The van der Waals surface area contributed by atoms with Gasteiger partial charge in [0.15, 0.2) is 0 Å². The van der Waals surface area contributed by atoms with Crippen molar-refractivity contribution >= 4 is 47.7 Å². The molecule has 0 aromatic heterocycles. The predicted molar refractivity (Wildman–Crippen MR) is 78.8 cm³/mol. The van der Waals surface area contributed by atoms with Crippen molar-refractivity contribution in [3.63, 3.8) is 0 Å². The number of nitrogens with zero attached hydrogens (tertiary/aromatic N) is 1. The van der Waals surface area contributed by atoms with Gasteiger partial charge in [-0.25, -0.2) is 0 Å². The van der Waals surface area contributed by atoms with Crippen LogP contribution in [0, 0.1) is 10.1 Å². The minimum Gasteiger partial charge on any atom is -0.813 e. The Kier molecular flexibility index (Phi) is 13.0. The van der Waals surface area contributed by atoms with Crippen molar-refractivity contribution in [1.82, 2.24) is 0 Å². The number of thiol groups is 1. The first-order valence-electron chi connectivity index (χ1n) is 4.52. The number of ether oxygens (including phenoxy) is 1. The molecule has 0 spiro atoms. The van der Waals surface area contributed by atoms with E-state index in [0.29, 0.717) is 12.2 Å². The second-order valence-electron chi connectivity index (χ2n) is 2.69. The van der Waals surface area contributed by atoms with Crippen molar-refractivity contribution in [2.75, 3.05) is 13.4 Å². The maximum atomic E-state index is 10.7. The summed E-state index contributed by atoms with van der Waals surface area (Å²) in [5.41, 5.74) is 0.828. The molecule has 0 bridgehead atoms. The molecule has 1 aromatic rings. The zero-order valence-electron chi connectivity index (χ0n) is 10.5. The number of nitro groups is 1. The Hall–Kier alpha value is -1.40. The summed E-state index contributed by atoms with van der Waals surface area (Å²) < 4.78 is 5.87. The number of methoxy groups -OCH3 is 1. The third kappa shape index (κ3) is 4.85. The van der Waals surface area contributed by atoms with E-state index in [1.165, 1.54) is 13.2 Å². The van der Waals surface area contributed by atoms with Gasteiger partial charge in [0.25, 0.3) is 0 Å². The Labute approximate surface area is 122 Å². The molecule has 18 heavy (non-hydrogen) atoms. The topological polar surface area (TPSA) is 52.4 Å². The number of nitro benzene ring substituents is 1. The molecule has 0 N–H and O–H groups in total. The Balaban J connectivity index is -0.000000534. The van der Waals surface area contributed by atoms with E-state index in [2.05, 4.69) is 28.6 Å². The van der Waals surface area contributed by atoms with E-state index in [1.807, 2.05) is 6.92 Å². The zero-order valence-corrected chi connectivity index (χ0v) is 20.2. The van der Waals surface area contributed by atoms with Gasteiger partial charge < -0.3 is 30.9 Å². The first kappa shape index (κ1) is 21.8. The quantitative estimate of drug-likeness (QED) is 0.229. The molecule has 0 radical (unpaired) electrons. The molecule has 0 atom stereocenters. The number of halogens is 1. The van der Waals surface area contributed by atoms with Gasteiger partial charge in [-0.3, -0.25) is 10.1 Å². The average Bonchev–Trinajstić information content (AvgIpc) is 2.30. The van der Waals surface area contributed by atoms with Crippen LogP contribution in [-0.2, 0) is 32.5 Å². The third-order valence-corrected chi connectivity index (χ3v) is 2.68. The minimum absolute atomic E-state index is 0. The van der Waals surface area contributed by atoms with Crippen molar-refractivity contribution in [1.29, 1.82) is 0 Å². The fraction of sp³-hybridized carbons (Fsp3) is 0.400. The molecule has 0 aliphatic carbocycles. The Morgan fingerprint density at radius 1 is 1.44 bits per heavy atom. The van der Waals surface area contributed by atoms with Crippen LogP contribution in [0.4, 0.5) is 5.69 Å². The van der Waals surface area contributed by atoms with Crippen LogP contribution in [0.5, 0.6) is 5.75 Å². The molecule has 1 aromatic carbocycles. The van der Waals surface area contributed by atoms with Crippen LogP contribution in [0.15, 0.2) is 16.6 Å². The van der Waals surface area contributed by atoms with Crippen LogP contribution in [0.3, 0.4) is 0 Å². The molecule has 4 nitrogen and oxygen atoms in total. The number of hydrogen-bond donors (Lipinski definition) is 0. The smallest absolute Gasteiger partial charge is 0.311 e. The first-order chi connectivity index (χ1) is 7.61. The van der Waals surface area contributed by atoms with Crippen molar-refractivity contribution in [3.8, 4) is 5.75 Å². The fourth-order valence-electron chi connectivity index (χ4n) is 1.29. The van der Waals surface area contributed by atoms with E-state index in [-0.39, 0.29) is 19.2 Å². The molecule has 100 valence electrons. The molecular formula is C10H14BrNO3RfS2-2. The van der Waals surface area contributed by atoms with E-state index in [1.54, 1.807) is 12.3 Å². The minimum atomic E-state index is -0.440. The van der Waals surface area contributed by atoms with Gasteiger partial charge in [-0.15, -0.1) is 0 Å². The fourth-order valence-corrected chi connectivity index (χ4v) is 1.88. The molecule has 0 fully saturated rings. The van der Waals surface area contributed by atoms with E-state index in [9.17, 15) is 10.1 Å². The summed E-state index contributed by atoms with van der Waals surface area (Å²) in [7, 11) is 1.44. The standard InChI is InChI=1S/C9H10BrNO3.CH4S.Rf.H2S/c1-3-6-7(10)4-5-8(11(12)13)9(6)14-2;1-2;;/h4-5H,3H2,1-2H3;2H,1H3;;1H2/p-2. The largest absolute Gasteiger partial charge is 0.813 e. The Bertz CT molecular complexity index is 380. The molecular weight excluding hydrogens is 593 g/mol. The van der Waals surface area contributed by atoms with Gasteiger partial charge in [0.2, 0.25) is 5.75 Å². The summed E-state index contributed by atoms with van der Waals surface area (Å²) in [4.78, 5) is 10.2. The number of hydrogen-bond acceptors (Lipinski definition) is 5. The van der Waals surface area contributed by atoms with Crippen LogP contribution < -0.4 is 4.74 Å². The second kappa shape index (κ2) is 10.7. The molecule has 0 saturated heterocycles. The summed E-state index contributed by atoms with van der Waals surface area (Å²) in [6.45, 7) is 1.92. The second-order valence-corrected chi connectivity index (χ2v) is 3.54. The van der Waals surface area contributed by atoms with Crippen molar-refractivity contribution in [2.24, 2.45) is 0 Å². The van der Waals surface area contributed by atoms with Crippen LogP contribution in [-0.4, -0.2) is 18.3 Å². The van der Waals surface area contributed by atoms with Gasteiger partial charge in [0, 0.05) is 16.1 Å². The van der Waals surface area contributed by atoms with Gasteiger partial charge in [-0.05, 0) is 12.5 Å². The molecule has 8 heteroatoms. The number of benzene rings is 1. The molecule has 0 aliphatic heterocycles. The van der Waals surface area contributed by atoms with Crippen molar-refractivity contribution in [3.05, 3.63) is 32.3 Å². The van der Waals surface area contributed by atoms with Crippen molar-refractivity contribution in [2.45, 2.75) is 13.3 Å². The SMILES string of the molecule is CCc1c(Br)ccc([N+](=O)[O-])c1OC.C[S-].[Rf].[SH-]. The zero-order chi connectivity index (χ0) is 12.7. The van der Waals surface area contributed by atoms with Crippen LogP contribution in [0.1, 0.15) is 12.5 Å². The Morgan fingerprint density at radius 2 is 1.94 bits per heavy atom. The predicted octanol–water partition coefficient (Wildman–Crippen LogP) is 2.82. The molecule has 0 unspecified atom stereocenters. The Morgan fingerprint density at radius 3 is 2.28 bits per heavy atom. The maximum absolute atomic E-state index is 10.7. The van der Waals surface area contributed by atoms with E-state index in [0.717, 1.165) is 10.0 Å². The maximum Gasteiger partial charge on any atom is 0.311 e. The van der Waals surface area contributed by atoms with Crippen LogP contribution in [0.25, 0.3) is 0 Å². The summed E-state index contributed by atoms with van der Waals surface area (Å²) in [6, 6.07) is 3.10. The van der Waals surface area contributed by atoms with Crippen LogP contribution >= 0.6 is 15.9 Å². The third-order valence-electron chi connectivity index (χ3n) is 1.94. The van der Waals surface area contributed by atoms with E-state index >= 15 is 0 Å². The molecule has 1 rings (SSSR count). The van der Waals surface area contributed by atoms with Crippen LogP contribution in [0.2, 0.25) is 0 Å². The molecule has 0 heterocycles. The van der Waals surface area contributed by atoms with Gasteiger partial charge in [-0.2, -0.15) is 6.26 Å². The van der Waals surface area contributed by atoms with Gasteiger partial charge in [-0.1, -0.05) is 22.9 Å². The van der Waals surface area contributed by atoms with E-state index in [4.69, 9.17) is 4.74 Å². The summed E-state index contributed by atoms with van der Waals surface area (Å²) in [6.07, 6.45) is 2.27. The molecule has 0 saturated carbocycles. The van der Waals surface area contributed by atoms with Gasteiger partial charge >= 0.3 is 5.69 Å².